The number of hydrogen-bond donors (Lipinski definition) is 2. The first-order valence-electron chi connectivity index (χ1n) is 9.87. The second-order valence-electron chi connectivity index (χ2n) is 7.87. The Bertz CT molecular complexity index is 1080. The molecule has 1 heterocycles. The van der Waals surface area contributed by atoms with E-state index in [1.807, 2.05) is 60.7 Å². The summed E-state index contributed by atoms with van der Waals surface area (Å²) in [6.45, 7) is 0. The van der Waals surface area contributed by atoms with Gasteiger partial charge in [-0.25, -0.2) is 0 Å². The molecule has 3 aromatic rings. The lowest BCUT2D eigenvalue weighted by atomic mass is 9.74. The van der Waals surface area contributed by atoms with Gasteiger partial charge < -0.3 is 10.4 Å². The van der Waals surface area contributed by atoms with Crippen LogP contribution in [-0.4, -0.2) is 16.8 Å². The highest BCUT2D eigenvalue weighted by Gasteiger charge is 2.61. The Morgan fingerprint density at radius 2 is 1.45 bits per heavy atom. The number of rotatable bonds is 2. The number of amides is 1. The number of para-hydroxylation sites is 1. The zero-order valence-electron chi connectivity index (χ0n) is 15.8. The number of anilines is 1. The zero-order chi connectivity index (χ0) is 20.0. The van der Waals surface area contributed by atoms with Crippen LogP contribution < -0.4 is 5.32 Å². The Morgan fingerprint density at radius 3 is 2.17 bits per heavy atom. The maximum Gasteiger partial charge on any atom is 0.231 e. The van der Waals surface area contributed by atoms with Gasteiger partial charge in [0.1, 0.15) is 5.60 Å². The summed E-state index contributed by atoms with van der Waals surface area (Å²) in [7, 11) is 0. The molecule has 0 bridgehead atoms. The maximum atomic E-state index is 13.5. The molecule has 5 rings (SSSR count). The van der Waals surface area contributed by atoms with Crippen LogP contribution in [-0.2, 0) is 10.4 Å². The van der Waals surface area contributed by atoms with Crippen molar-refractivity contribution in [1.29, 1.82) is 0 Å². The van der Waals surface area contributed by atoms with Gasteiger partial charge in [-0.1, -0.05) is 72.8 Å². The van der Waals surface area contributed by atoms with E-state index in [0.29, 0.717) is 23.2 Å². The summed E-state index contributed by atoms with van der Waals surface area (Å²) in [5.41, 5.74) is 1.15. The molecule has 2 N–H and O–H groups in total. The van der Waals surface area contributed by atoms with E-state index in [1.54, 1.807) is 24.3 Å². The average Bonchev–Trinajstić information content (AvgIpc) is 3.04. The number of fused-ring (bicyclic) bond motifs is 2. The van der Waals surface area contributed by atoms with E-state index in [0.717, 1.165) is 5.56 Å². The number of aliphatic hydroxyl groups is 1. The molecular weight excluding hydrogens is 362 g/mol. The van der Waals surface area contributed by atoms with Crippen LogP contribution >= 0.6 is 0 Å². The summed E-state index contributed by atoms with van der Waals surface area (Å²) in [5.74, 6) is -2.21. The summed E-state index contributed by atoms with van der Waals surface area (Å²) >= 11 is 0. The highest BCUT2D eigenvalue weighted by atomic mass is 16.3. The quantitative estimate of drug-likeness (QED) is 0.699. The van der Waals surface area contributed by atoms with Crippen LogP contribution in [0.1, 0.15) is 33.8 Å². The van der Waals surface area contributed by atoms with Crippen molar-refractivity contribution < 1.29 is 14.7 Å². The Labute approximate surface area is 169 Å². The molecule has 3 aromatic carbocycles. The molecule has 0 radical (unpaired) electrons. The van der Waals surface area contributed by atoms with Gasteiger partial charge in [-0.3, -0.25) is 9.59 Å². The minimum atomic E-state index is -1.48. The van der Waals surface area contributed by atoms with Gasteiger partial charge in [0.2, 0.25) is 5.91 Å². The molecule has 4 heteroatoms. The first kappa shape index (κ1) is 17.8. The van der Waals surface area contributed by atoms with Crippen molar-refractivity contribution in [3.8, 4) is 0 Å². The van der Waals surface area contributed by atoms with Crippen molar-refractivity contribution in [2.24, 2.45) is 11.8 Å². The standard InChI is InChI=1S/C25H21NO3/c27-23-18-13-7-8-14-21(18)26-24(28)22-19(23)15-20(16-9-3-1-4-10-16)25(22,29)17-11-5-2-6-12-17/h1-14,19-20,22,29H,15H2,(H,26,28). The zero-order valence-corrected chi connectivity index (χ0v) is 15.8. The lowest BCUT2D eigenvalue weighted by Gasteiger charge is -2.35. The van der Waals surface area contributed by atoms with Crippen molar-refractivity contribution in [1.82, 2.24) is 0 Å². The van der Waals surface area contributed by atoms with Gasteiger partial charge in [0, 0.05) is 17.4 Å². The predicted molar refractivity (Wildman–Crippen MR) is 111 cm³/mol. The van der Waals surface area contributed by atoms with Crippen LogP contribution in [0.25, 0.3) is 0 Å². The summed E-state index contributed by atoms with van der Waals surface area (Å²) in [6, 6.07) is 26.0. The molecule has 4 nitrogen and oxygen atoms in total. The van der Waals surface area contributed by atoms with Crippen molar-refractivity contribution in [3.63, 3.8) is 0 Å². The molecular formula is C25H21NO3. The van der Waals surface area contributed by atoms with Crippen molar-refractivity contribution in [2.45, 2.75) is 17.9 Å². The van der Waals surface area contributed by atoms with Crippen LogP contribution in [0.3, 0.4) is 0 Å². The summed E-state index contributed by atoms with van der Waals surface area (Å²) < 4.78 is 0. The van der Waals surface area contributed by atoms with E-state index in [2.05, 4.69) is 5.32 Å². The van der Waals surface area contributed by atoms with E-state index < -0.39 is 17.4 Å². The lowest BCUT2D eigenvalue weighted by molar-refractivity contribution is -0.130. The Balaban J connectivity index is 1.71. The van der Waals surface area contributed by atoms with Crippen LogP contribution in [0.4, 0.5) is 5.69 Å². The van der Waals surface area contributed by atoms with Crippen LogP contribution in [0.2, 0.25) is 0 Å². The normalized spacial score (nSPS) is 28.2. The molecule has 1 aliphatic heterocycles. The predicted octanol–water partition coefficient (Wildman–Crippen LogP) is 4.13. The largest absolute Gasteiger partial charge is 0.384 e. The highest BCUT2D eigenvalue weighted by Crippen LogP contribution is 2.57. The molecule has 1 saturated carbocycles. The molecule has 29 heavy (non-hydrogen) atoms. The topological polar surface area (TPSA) is 66.4 Å². The maximum absolute atomic E-state index is 13.5. The van der Waals surface area contributed by atoms with Gasteiger partial charge in [0.05, 0.1) is 11.6 Å². The third-order valence-corrected chi connectivity index (χ3v) is 6.41. The van der Waals surface area contributed by atoms with Gasteiger partial charge in [0.25, 0.3) is 0 Å². The second-order valence-corrected chi connectivity index (χ2v) is 7.87. The first-order valence-corrected chi connectivity index (χ1v) is 9.87. The van der Waals surface area contributed by atoms with E-state index in [1.165, 1.54) is 0 Å². The molecule has 4 unspecified atom stereocenters. The highest BCUT2D eigenvalue weighted by molar-refractivity contribution is 6.12. The summed E-state index contributed by atoms with van der Waals surface area (Å²) in [5, 5.41) is 15.1. The Hall–Kier alpha value is -3.24. The van der Waals surface area contributed by atoms with E-state index in [9.17, 15) is 14.7 Å². The van der Waals surface area contributed by atoms with Gasteiger partial charge in [0.15, 0.2) is 5.78 Å². The molecule has 0 saturated heterocycles. The van der Waals surface area contributed by atoms with Gasteiger partial charge in [-0.2, -0.15) is 0 Å². The van der Waals surface area contributed by atoms with E-state index in [4.69, 9.17) is 0 Å². The average molecular weight is 383 g/mol. The Kier molecular flexibility index (Phi) is 4.10. The third-order valence-electron chi connectivity index (χ3n) is 6.41. The summed E-state index contributed by atoms with van der Waals surface area (Å²) in [6.07, 6.45) is 0.417. The minimum absolute atomic E-state index is 0.0864. The SMILES string of the molecule is O=C1c2ccccc2NC(=O)C2C1CC(c1ccccc1)C2(O)c1ccccc1. The molecule has 4 atom stereocenters. The smallest absolute Gasteiger partial charge is 0.231 e. The molecule has 0 spiro atoms. The van der Waals surface area contributed by atoms with Gasteiger partial charge in [-0.05, 0) is 29.7 Å². The molecule has 1 aliphatic carbocycles. The Morgan fingerprint density at radius 1 is 0.828 bits per heavy atom. The number of hydrogen-bond acceptors (Lipinski definition) is 3. The molecule has 2 aliphatic rings. The van der Waals surface area contributed by atoms with Gasteiger partial charge in [-0.15, -0.1) is 0 Å². The number of carbonyl (C=O) groups excluding carboxylic acids is 2. The van der Waals surface area contributed by atoms with E-state index in [-0.39, 0.29) is 17.6 Å². The number of carbonyl (C=O) groups is 2. The van der Waals surface area contributed by atoms with Gasteiger partial charge >= 0.3 is 0 Å². The second kappa shape index (κ2) is 6.68. The number of benzene rings is 3. The molecule has 1 amide bonds. The van der Waals surface area contributed by atoms with Crippen molar-refractivity contribution in [3.05, 3.63) is 102 Å². The van der Waals surface area contributed by atoms with Crippen molar-refractivity contribution in [2.75, 3.05) is 5.32 Å². The third kappa shape index (κ3) is 2.64. The lowest BCUT2D eigenvalue weighted by Crippen LogP contribution is -2.43. The fourth-order valence-electron chi connectivity index (χ4n) is 5.11. The molecule has 0 aromatic heterocycles. The fraction of sp³-hybridized carbons (Fsp3) is 0.200. The number of nitrogens with one attached hydrogen (secondary N) is 1. The summed E-state index contributed by atoms with van der Waals surface area (Å²) in [4.78, 5) is 26.8. The van der Waals surface area contributed by atoms with E-state index >= 15 is 0 Å². The monoisotopic (exact) mass is 383 g/mol. The first-order chi connectivity index (χ1) is 14.1. The fourth-order valence-corrected chi connectivity index (χ4v) is 5.11. The van der Waals surface area contributed by atoms with Crippen LogP contribution in [0.15, 0.2) is 84.9 Å². The molecule has 1 fully saturated rings. The number of ketones is 1. The molecule has 144 valence electrons. The van der Waals surface area contributed by atoms with Crippen LogP contribution in [0, 0.1) is 11.8 Å². The number of Topliss-reactive ketones (excluding diaryl/α,β-unsaturated/α-hetero) is 1. The minimum Gasteiger partial charge on any atom is -0.384 e. The van der Waals surface area contributed by atoms with Crippen molar-refractivity contribution >= 4 is 17.4 Å². The van der Waals surface area contributed by atoms with Crippen LogP contribution in [0.5, 0.6) is 0 Å².